The second kappa shape index (κ2) is 10.8. The minimum absolute atomic E-state index is 0.00371. The molecule has 0 aliphatic heterocycles. The van der Waals surface area contributed by atoms with Crippen LogP contribution in [0.3, 0.4) is 0 Å². The Balaban J connectivity index is 1.22. The lowest BCUT2D eigenvalue weighted by molar-refractivity contribution is -0.0577. The van der Waals surface area contributed by atoms with E-state index >= 15 is 0 Å². The summed E-state index contributed by atoms with van der Waals surface area (Å²) >= 11 is 0. The number of allylic oxidation sites excluding steroid dienone is 1. The molecule has 3 saturated carbocycles. The molecule has 3 nitrogen and oxygen atoms in total. The van der Waals surface area contributed by atoms with Crippen LogP contribution in [0.1, 0.15) is 105 Å². The topological polar surface area (TPSA) is 38.3 Å². The number of rotatable bonds is 7. The van der Waals surface area contributed by atoms with E-state index in [-0.39, 0.29) is 12.2 Å². The standard InChI is InChI=1S/C34H51NO2/c1-23(2)10-9-11-24(3)29-16-17-30-28-15-14-25-22-27(37-32(36)35-26-12-7-6-8-13-26)18-20-33(25,4)31(28)19-21-34(29,30)5/h6-8,12-14,23-24,27-31H,9-11,15-22H2,1-5H3,(H,35,36)/t24-,27+,28-,29+,30-,31-,33+,34+/m1/s1. The van der Waals surface area contributed by atoms with Gasteiger partial charge in [-0.3, -0.25) is 5.32 Å². The summed E-state index contributed by atoms with van der Waals surface area (Å²) in [7, 11) is 0. The van der Waals surface area contributed by atoms with Crippen LogP contribution in [0.4, 0.5) is 10.5 Å². The Bertz CT molecular complexity index is 969. The summed E-state index contributed by atoms with van der Waals surface area (Å²) in [6.45, 7) is 12.5. The van der Waals surface area contributed by atoms with Crippen LogP contribution in [-0.4, -0.2) is 12.2 Å². The molecular weight excluding hydrogens is 454 g/mol. The molecule has 1 aromatic rings. The minimum atomic E-state index is -0.318. The van der Waals surface area contributed by atoms with Gasteiger partial charge >= 0.3 is 6.09 Å². The van der Waals surface area contributed by atoms with Crippen LogP contribution < -0.4 is 5.32 Å². The van der Waals surface area contributed by atoms with Crippen molar-refractivity contribution in [3.8, 4) is 0 Å². The van der Waals surface area contributed by atoms with E-state index in [0.717, 1.165) is 60.5 Å². The highest BCUT2D eigenvalue weighted by Crippen LogP contribution is 2.67. The SMILES string of the molecule is CC(C)CCC[C@@H](C)[C@@H]1CC[C@@H]2[C@H]3CC=C4C[C@@H](OC(=O)Nc5ccccc5)CC[C@]4(C)[C@@H]3CC[C@]21C. The van der Waals surface area contributed by atoms with E-state index in [0.29, 0.717) is 10.8 Å². The molecule has 0 bridgehead atoms. The van der Waals surface area contributed by atoms with Crippen LogP contribution in [0.15, 0.2) is 42.0 Å². The Morgan fingerprint density at radius 3 is 2.54 bits per heavy atom. The van der Waals surface area contributed by atoms with Gasteiger partial charge in [-0.1, -0.05) is 83.7 Å². The van der Waals surface area contributed by atoms with E-state index in [4.69, 9.17) is 4.74 Å². The number of para-hydroxylation sites is 1. The van der Waals surface area contributed by atoms with Crippen LogP contribution in [0.5, 0.6) is 0 Å². The largest absolute Gasteiger partial charge is 0.446 e. The Kier molecular flexibility index (Phi) is 7.81. The van der Waals surface area contributed by atoms with E-state index in [1.807, 2.05) is 30.3 Å². The third-order valence-corrected chi connectivity index (χ3v) is 11.6. The smallest absolute Gasteiger partial charge is 0.411 e. The van der Waals surface area contributed by atoms with Crippen molar-refractivity contribution in [1.29, 1.82) is 0 Å². The molecule has 37 heavy (non-hydrogen) atoms. The molecule has 1 amide bonds. The average molecular weight is 506 g/mol. The van der Waals surface area contributed by atoms with E-state index in [9.17, 15) is 4.79 Å². The fourth-order valence-electron chi connectivity index (χ4n) is 9.57. The Hall–Kier alpha value is -1.77. The lowest BCUT2D eigenvalue weighted by Crippen LogP contribution is -2.51. The molecule has 0 saturated heterocycles. The molecule has 204 valence electrons. The molecule has 0 spiro atoms. The monoisotopic (exact) mass is 505 g/mol. The van der Waals surface area contributed by atoms with E-state index in [2.05, 4.69) is 46.0 Å². The molecule has 8 atom stereocenters. The first-order valence-corrected chi connectivity index (χ1v) is 15.4. The predicted molar refractivity (Wildman–Crippen MR) is 153 cm³/mol. The first-order chi connectivity index (χ1) is 17.7. The van der Waals surface area contributed by atoms with Gasteiger partial charge in [-0.2, -0.15) is 0 Å². The zero-order valence-corrected chi connectivity index (χ0v) is 24.1. The summed E-state index contributed by atoms with van der Waals surface area (Å²) in [6, 6.07) is 9.62. The second-order valence-corrected chi connectivity index (χ2v) is 14.1. The third-order valence-electron chi connectivity index (χ3n) is 11.6. The maximum atomic E-state index is 12.5. The number of ether oxygens (including phenoxy) is 1. The van der Waals surface area contributed by atoms with Crippen LogP contribution in [-0.2, 0) is 4.74 Å². The summed E-state index contributed by atoms with van der Waals surface area (Å²) in [4.78, 5) is 12.5. The summed E-state index contributed by atoms with van der Waals surface area (Å²) in [5.41, 5.74) is 3.21. The van der Waals surface area contributed by atoms with E-state index in [1.54, 1.807) is 5.57 Å². The van der Waals surface area contributed by atoms with Crippen molar-refractivity contribution < 1.29 is 9.53 Å². The van der Waals surface area contributed by atoms with Crippen LogP contribution in [0.25, 0.3) is 0 Å². The maximum Gasteiger partial charge on any atom is 0.411 e. The number of hydrogen-bond donors (Lipinski definition) is 1. The zero-order valence-electron chi connectivity index (χ0n) is 24.1. The number of fused-ring (bicyclic) bond motifs is 5. The van der Waals surface area contributed by atoms with Crippen molar-refractivity contribution in [1.82, 2.24) is 0 Å². The van der Waals surface area contributed by atoms with Crippen molar-refractivity contribution in [2.45, 2.75) is 111 Å². The lowest BCUT2D eigenvalue weighted by Gasteiger charge is -2.58. The normalized spacial score (nSPS) is 37.7. The van der Waals surface area contributed by atoms with Gasteiger partial charge in [0.1, 0.15) is 6.10 Å². The van der Waals surface area contributed by atoms with Gasteiger partial charge in [-0.15, -0.1) is 0 Å². The molecule has 0 unspecified atom stereocenters. The fraction of sp³-hybridized carbons (Fsp3) is 0.735. The predicted octanol–water partition coefficient (Wildman–Crippen LogP) is 9.65. The third kappa shape index (κ3) is 5.26. The molecule has 0 radical (unpaired) electrons. The van der Waals surface area contributed by atoms with E-state index in [1.165, 1.54) is 51.4 Å². The molecular formula is C34H51NO2. The van der Waals surface area contributed by atoms with Crippen LogP contribution >= 0.6 is 0 Å². The molecule has 0 aromatic heterocycles. The highest BCUT2D eigenvalue weighted by atomic mass is 16.6. The Morgan fingerprint density at radius 1 is 1.00 bits per heavy atom. The van der Waals surface area contributed by atoms with Gasteiger partial charge in [-0.25, -0.2) is 4.79 Å². The van der Waals surface area contributed by atoms with Gasteiger partial charge < -0.3 is 4.74 Å². The Morgan fingerprint density at radius 2 is 1.78 bits per heavy atom. The summed E-state index contributed by atoms with van der Waals surface area (Å²) in [6.07, 6.45) is 16.5. The van der Waals surface area contributed by atoms with Gasteiger partial charge in [0.25, 0.3) is 0 Å². The fourth-order valence-corrected chi connectivity index (χ4v) is 9.57. The molecule has 3 heteroatoms. The van der Waals surface area contributed by atoms with Crippen LogP contribution in [0, 0.1) is 46.3 Å². The van der Waals surface area contributed by atoms with Gasteiger partial charge in [0.2, 0.25) is 0 Å². The highest BCUT2D eigenvalue weighted by molar-refractivity contribution is 5.84. The molecule has 1 N–H and O–H groups in total. The van der Waals surface area contributed by atoms with Gasteiger partial charge in [-0.05, 0) is 103 Å². The maximum absolute atomic E-state index is 12.5. The number of carbonyl (C=O) groups excluding carboxylic acids is 1. The van der Waals surface area contributed by atoms with Crippen molar-refractivity contribution in [2.24, 2.45) is 46.3 Å². The number of amides is 1. The van der Waals surface area contributed by atoms with Crippen LogP contribution in [0.2, 0.25) is 0 Å². The first-order valence-electron chi connectivity index (χ1n) is 15.4. The van der Waals surface area contributed by atoms with E-state index < -0.39 is 0 Å². The van der Waals surface area contributed by atoms with Gasteiger partial charge in [0.05, 0.1) is 0 Å². The number of carbonyl (C=O) groups is 1. The van der Waals surface area contributed by atoms with Crippen molar-refractivity contribution in [3.05, 3.63) is 42.0 Å². The number of benzene rings is 1. The Labute approximate surface area is 226 Å². The average Bonchev–Trinajstić information content (AvgIpc) is 3.22. The summed E-state index contributed by atoms with van der Waals surface area (Å²) < 4.78 is 5.91. The first kappa shape index (κ1) is 26.8. The molecule has 4 aliphatic carbocycles. The van der Waals surface area contributed by atoms with Gasteiger partial charge in [0.15, 0.2) is 0 Å². The summed E-state index contributed by atoms with van der Waals surface area (Å²) in [5, 5.41) is 2.90. The highest BCUT2D eigenvalue weighted by Gasteiger charge is 2.59. The molecule has 0 heterocycles. The van der Waals surface area contributed by atoms with Gasteiger partial charge in [0, 0.05) is 12.1 Å². The second-order valence-electron chi connectivity index (χ2n) is 14.1. The zero-order chi connectivity index (χ0) is 26.2. The molecule has 3 fully saturated rings. The number of hydrogen-bond acceptors (Lipinski definition) is 2. The number of nitrogens with one attached hydrogen (secondary N) is 1. The molecule has 4 aliphatic rings. The quantitative estimate of drug-likeness (QED) is 0.375. The minimum Gasteiger partial charge on any atom is -0.446 e. The summed E-state index contributed by atoms with van der Waals surface area (Å²) in [5.74, 6) is 5.15. The van der Waals surface area contributed by atoms with Crippen molar-refractivity contribution in [3.63, 3.8) is 0 Å². The van der Waals surface area contributed by atoms with Crippen molar-refractivity contribution in [2.75, 3.05) is 5.32 Å². The lowest BCUT2D eigenvalue weighted by atomic mass is 9.47. The molecule has 1 aromatic carbocycles. The molecule has 5 rings (SSSR count). The van der Waals surface area contributed by atoms with Crippen molar-refractivity contribution >= 4 is 11.8 Å². The number of anilines is 1.